The van der Waals surface area contributed by atoms with Gasteiger partial charge in [-0.25, -0.2) is 4.79 Å². The number of carbonyl (C=O) groups excluding carboxylic acids is 2. The number of alkyl halides is 3. The summed E-state index contributed by atoms with van der Waals surface area (Å²) in [6.07, 6.45) is -3.22. The van der Waals surface area contributed by atoms with E-state index in [9.17, 15) is 22.8 Å². The van der Waals surface area contributed by atoms with E-state index in [2.05, 4.69) is 15.6 Å². The average Bonchev–Trinajstić information content (AvgIpc) is 3.08. The van der Waals surface area contributed by atoms with E-state index < -0.39 is 24.2 Å². The molecule has 0 fully saturated rings. The molecule has 1 heterocycles. The van der Waals surface area contributed by atoms with Crippen molar-refractivity contribution >= 4 is 28.7 Å². The van der Waals surface area contributed by atoms with Crippen LogP contribution in [0.2, 0.25) is 0 Å². The number of carboxylic acids is 1. The predicted molar refractivity (Wildman–Crippen MR) is 95.1 cm³/mol. The molecule has 0 aliphatic carbocycles. The molecule has 1 aromatic carbocycles. The summed E-state index contributed by atoms with van der Waals surface area (Å²) in [4.78, 5) is 35.4. The zero-order chi connectivity index (χ0) is 21.5. The van der Waals surface area contributed by atoms with Gasteiger partial charge in [0, 0.05) is 23.6 Å². The van der Waals surface area contributed by atoms with Crippen LogP contribution in [0.15, 0.2) is 30.5 Å². The fraction of sp³-hybridized carbons (Fsp3) is 0.353. The zero-order valence-electron chi connectivity index (χ0n) is 15.1. The molecule has 28 heavy (non-hydrogen) atoms. The molecule has 0 unspecified atom stereocenters. The molecule has 0 aliphatic rings. The van der Waals surface area contributed by atoms with Crippen molar-refractivity contribution in [1.82, 2.24) is 15.6 Å². The Morgan fingerprint density at radius 2 is 1.79 bits per heavy atom. The number of H-pyrrole nitrogens is 1. The molecule has 8 nitrogen and oxygen atoms in total. The molecule has 0 aliphatic heterocycles. The summed E-state index contributed by atoms with van der Waals surface area (Å²) in [6.45, 7) is 3.62. The van der Waals surface area contributed by atoms with E-state index in [4.69, 9.17) is 15.6 Å². The van der Waals surface area contributed by atoms with Gasteiger partial charge in [-0.2, -0.15) is 13.2 Å². The van der Waals surface area contributed by atoms with Crippen LogP contribution in [0.3, 0.4) is 0 Å². The van der Waals surface area contributed by atoms with E-state index in [1.807, 2.05) is 30.5 Å². The Morgan fingerprint density at radius 3 is 2.32 bits per heavy atom. The predicted octanol–water partition coefficient (Wildman–Crippen LogP) is 1.27. The molecule has 0 spiro atoms. The first-order valence-electron chi connectivity index (χ1n) is 8.12. The van der Waals surface area contributed by atoms with E-state index >= 15 is 0 Å². The summed E-state index contributed by atoms with van der Waals surface area (Å²) in [5.74, 6) is -3.34. The summed E-state index contributed by atoms with van der Waals surface area (Å²) in [7, 11) is 0. The highest BCUT2D eigenvalue weighted by Gasteiger charge is 2.38. The monoisotopic (exact) mass is 402 g/mol. The second kappa shape index (κ2) is 9.74. The van der Waals surface area contributed by atoms with Crippen molar-refractivity contribution < 1.29 is 32.7 Å². The van der Waals surface area contributed by atoms with Crippen LogP contribution < -0.4 is 16.4 Å². The van der Waals surface area contributed by atoms with Crippen LogP contribution in [0.4, 0.5) is 13.2 Å². The maximum Gasteiger partial charge on any atom is 0.490 e. The molecular formula is C17H21F3N4O4. The quantitative estimate of drug-likeness (QED) is 0.513. The second-order valence-corrected chi connectivity index (χ2v) is 5.90. The van der Waals surface area contributed by atoms with Crippen LogP contribution >= 0.6 is 0 Å². The van der Waals surface area contributed by atoms with Gasteiger partial charge >= 0.3 is 12.1 Å². The normalized spacial score (nSPS) is 13.1. The van der Waals surface area contributed by atoms with E-state index in [0.29, 0.717) is 6.54 Å². The van der Waals surface area contributed by atoms with Crippen LogP contribution in [0, 0.1) is 0 Å². The Bertz CT molecular complexity index is 833. The molecule has 0 saturated carbocycles. The van der Waals surface area contributed by atoms with Gasteiger partial charge in [0.25, 0.3) is 0 Å². The first kappa shape index (κ1) is 23.0. The Labute approximate surface area is 158 Å². The van der Waals surface area contributed by atoms with E-state index in [0.717, 1.165) is 16.5 Å². The highest BCUT2D eigenvalue weighted by atomic mass is 19.4. The number of amides is 2. The van der Waals surface area contributed by atoms with Gasteiger partial charge in [-0.3, -0.25) is 9.59 Å². The number of aromatic amines is 1. The second-order valence-electron chi connectivity index (χ2n) is 5.90. The van der Waals surface area contributed by atoms with Gasteiger partial charge in [0.1, 0.15) is 6.04 Å². The van der Waals surface area contributed by atoms with Crippen molar-refractivity contribution in [1.29, 1.82) is 0 Å². The van der Waals surface area contributed by atoms with E-state index in [-0.39, 0.29) is 11.8 Å². The lowest BCUT2D eigenvalue weighted by Gasteiger charge is -2.15. The molecule has 0 saturated heterocycles. The van der Waals surface area contributed by atoms with Crippen LogP contribution in [-0.2, 0) is 20.9 Å². The van der Waals surface area contributed by atoms with Gasteiger partial charge < -0.3 is 26.5 Å². The molecule has 2 aromatic rings. The number of fused-ring (bicyclic) bond motifs is 1. The highest BCUT2D eigenvalue weighted by molar-refractivity contribution is 5.89. The van der Waals surface area contributed by atoms with Gasteiger partial charge in [0.05, 0.1) is 6.04 Å². The maximum atomic E-state index is 12.0. The van der Waals surface area contributed by atoms with E-state index in [1.165, 1.54) is 0 Å². The summed E-state index contributed by atoms with van der Waals surface area (Å²) >= 11 is 0. The van der Waals surface area contributed by atoms with Gasteiger partial charge in [0.15, 0.2) is 0 Å². The number of rotatable bonds is 5. The lowest BCUT2D eigenvalue weighted by molar-refractivity contribution is -0.192. The Balaban J connectivity index is 0.000000480. The minimum absolute atomic E-state index is 0.239. The molecule has 0 bridgehead atoms. The molecule has 154 valence electrons. The molecule has 11 heteroatoms. The zero-order valence-corrected chi connectivity index (χ0v) is 15.1. The van der Waals surface area contributed by atoms with Crippen molar-refractivity contribution in [3.63, 3.8) is 0 Å². The van der Waals surface area contributed by atoms with Crippen LogP contribution in [0.1, 0.15) is 19.4 Å². The van der Waals surface area contributed by atoms with Crippen molar-refractivity contribution in [3.8, 4) is 0 Å². The number of benzene rings is 1. The molecule has 2 amide bonds. The Kier molecular flexibility index (Phi) is 7.99. The van der Waals surface area contributed by atoms with Gasteiger partial charge in [-0.15, -0.1) is 0 Å². The first-order chi connectivity index (χ1) is 12.9. The molecule has 0 radical (unpaired) electrons. The number of aromatic nitrogens is 1. The summed E-state index contributed by atoms with van der Waals surface area (Å²) in [5.41, 5.74) is 7.50. The largest absolute Gasteiger partial charge is 0.490 e. The van der Waals surface area contributed by atoms with Gasteiger partial charge in [-0.1, -0.05) is 12.1 Å². The molecule has 2 rings (SSSR count). The SMILES string of the molecule is C[C@H](N)C(=O)N[C@@H](C)C(=O)NCc1cccc2[nH]ccc12.O=C(O)C(F)(F)F. The lowest BCUT2D eigenvalue weighted by atomic mass is 10.1. The minimum atomic E-state index is -5.08. The number of carbonyl (C=O) groups is 3. The number of aliphatic carboxylic acids is 1. The average molecular weight is 402 g/mol. The smallest absolute Gasteiger partial charge is 0.475 e. The number of hydrogen-bond acceptors (Lipinski definition) is 4. The van der Waals surface area contributed by atoms with Crippen molar-refractivity contribution in [3.05, 3.63) is 36.0 Å². The van der Waals surface area contributed by atoms with Crippen LogP contribution in [0.5, 0.6) is 0 Å². The molecular weight excluding hydrogens is 381 g/mol. The highest BCUT2D eigenvalue weighted by Crippen LogP contribution is 2.17. The topological polar surface area (TPSA) is 137 Å². The third kappa shape index (κ3) is 6.91. The third-order valence-corrected chi connectivity index (χ3v) is 3.55. The summed E-state index contributed by atoms with van der Waals surface area (Å²) in [5, 5.41) is 13.6. The first-order valence-corrected chi connectivity index (χ1v) is 8.12. The van der Waals surface area contributed by atoms with Crippen LogP contribution in [-0.4, -0.2) is 46.1 Å². The molecule has 2 atom stereocenters. The number of halogens is 3. The Morgan fingerprint density at radius 1 is 1.18 bits per heavy atom. The van der Waals surface area contributed by atoms with Gasteiger partial charge in [-0.05, 0) is 31.5 Å². The minimum Gasteiger partial charge on any atom is -0.475 e. The number of nitrogens with two attached hydrogens (primary N) is 1. The van der Waals surface area contributed by atoms with Crippen molar-refractivity contribution in [2.45, 2.75) is 38.7 Å². The van der Waals surface area contributed by atoms with E-state index in [1.54, 1.807) is 13.8 Å². The third-order valence-electron chi connectivity index (χ3n) is 3.55. The fourth-order valence-electron chi connectivity index (χ4n) is 2.05. The van der Waals surface area contributed by atoms with Gasteiger partial charge in [0.2, 0.25) is 11.8 Å². The summed E-state index contributed by atoms with van der Waals surface area (Å²) in [6, 6.07) is 6.59. The Hall–Kier alpha value is -3.08. The van der Waals surface area contributed by atoms with Crippen molar-refractivity contribution in [2.24, 2.45) is 5.73 Å². The summed E-state index contributed by atoms with van der Waals surface area (Å²) < 4.78 is 31.7. The molecule has 6 N–H and O–H groups in total. The maximum absolute atomic E-state index is 12.0. The van der Waals surface area contributed by atoms with Crippen molar-refractivity contribution in [2.75, 3.05) is 0 Å². The lowest BCUT2D eigenvalue weighted by Crippen LogP contribution is -2.49. The van der Waals surface area contributed by atoms with Crippen LogP contribution in [0.25, 0.3) is 10.9 Å². The standard InChI is InChI=1S/C15H20N4O2.C2HF3O2/c1-9(16)14(20)19-10(2)15(21)18-8-11-4-3-5-13-12(11)6-7-17-13;3-2(4,5)1(6)7/h3-7,9-10,17H,8,16H2,1-2H3,(H,18,21)(H,19,20);(H,6,7)/t9-,10-;/m0./s1. The number of nitrogens with one attached hydrogen (secondary N) is 3. The number of hydrogen-bond donors (Lipinski definition) is 5. The molecule has 1 aromatic heterocycles. The number of carboxylic acid groups (broad SMARTS) is 1. The fourth-order valence-corrected chi connectivity index (χ4v) is 2.05.